The number of thiol groups is 1. The molecule has 0 aromatic rings. The summed E-state index contributed by atoms with van der Waals surface area (Å²) >= 11 is 3.96. The molecule has 0 radical (unpaired) electrons. The van der Waals surface area contributed by atoms with E-state index in [0.29, 0.717) is 0 Å². The van der Waals surface area contributed by atoms with Gasteiger partial charge in [0, 0.05) is 7.11 Å². The molecule has 0 aromatic carbocycles. The van der Waals surface area contributed by atoms with Crippen LogP contribution in [-0.2, 0) is 9.47 Å². The third-order valence-electron chi connectivity index (χ3n) is 0.960. The van der Waals surface area contributed by atoms with Gasteiger partial charge in [0.2, 0.25) is 5.62 Å². The minimum atomic E-state index is -0.350. The van der Waals surface area contributed by atoms with Crippen molar-refractivity contribution in [2.45, 2.75) is 25.4 Å². The average molecular weight is 150 g/mol. The fourth-order valence-electron chi connectivity index (χ4n) is 0.397. The topological polar surface area (TPSA) is 18.5 Å². The fraction of sp³-hybridized carbons (Fsp3) is 1.00. The summed E-state index contributed by atoms with van der Waals surface area (Å²) in [6, 6.07) is 0. The van der Waals surface area contributed by atoms with Gasteiger partial charge in [0.05, 0.1) is 6.61 Å². The number of hydrogen-bond donors (Lipinski definition) is 1. The zero-order chi connectivity index (χ0) is 7.11. The maximum absolute atomic E-state index is 5.07. The van der Waals surface area contributed by atoms with Gasteiger partial charge in [-0.15, -0.1) is 12.6 Å². The van der Waals surface area contributed by atoms with Crippen LogP contribution in [0.25, 0.3) is 0 Å². The Hall–Kier alpha value is 0.270. The van der Waals surface area contributed by atoms with E-state index in [2.05, 4.69) is 19.6 Å². The van der Waals surface area contributed by atoms with Crippen molar-refractivity contribution in [2.75, 3.05) is 13.7 Å². The first-order valence-electron chi connectivity index (χ1n) is 3.13. The first kappa shape index (κ1) is 9.27. The summed E-state index contributed by atoms with van der Waals surface area (Å²) in [6.45, 7) is 2.85. The molecule has 0 spiro atoms. The molecule has 0 N–H and O–H groups in total. The molecule has 9 heavy (non-hydrogen) atoms. The van der Waals surface area contributed by atoms with Gasteiger partial charge in [0.15, 0.2) is 0 Å². The van der Waals surface area contributed by atoms with Crippen molar-refractivity contribution in [3.8, 4) is 0 Å². The zero-order valence-corrected chi connectivity index (χ0v) is 6.86. The summed E-state index contributed by atoms with van der Waals surface area (Å²) in [5.74, 6) is 0. The molecule has 56 valence electrons. The van der Waals surface area contributed by atoms with Crippen LogP contribution in [-0.4, -0.2) is 19.3 Å². The van der Waals surface area contributed by atoms with Gasteiger partial charge in [0.25, 0.3) is 0 Å². The minimum Gasteiger partial charge on any atom is -0.347 e. The van der Waals surface area contributed by atoms with Gasteiger partial charge in [-0.25, -0.2) is 0 Å². The fourth-order valence-corrected chi connectivity index (χ4v) is 0.502. The van der Waals surface area contributed by atoms with Gasteiger partial charge in [-0.2, -0.15) is 0 Å². The third kappa shape index (κ3) is 6.15. The minimum absolute atomic E-state index is 0.350. The van der Waals surface area contributed by atoms with Crippen molar-refractivity contribution in [3.63, 3.8) is 0 Å². The number of rotatable bonds is 5. The highest BCUT2D eigenvalue weighted by atomic mass is 32.1. The highest BCUT2D eigenvalue weighted by Gasteiger charge is 1.96. The first-order valence-corrected chi connectivity index (χ1v) is 3.65. The Morgan fingerprint density at radius 3 is 2.67 bits per heavy atom. The van der Waals surface area contributed by atoms with Crippen LogP contribution in [0.3, 0.4) is 0 Å². The van der Waals surface area contributed by atoms with Crippen LogP contribution in [0, 0.1) is 0 Å². The van der Waals surface area contributed by atoms with Crippen LogP contribution >= 0.6 is 12.6 Å². The molecule has 0 fully saturated rings. The van der Waals surface area contributed by atoms with E-state index in [-0.39, 0.29) is 5.62 Å². The second kappa shape index (κ2) is 6.39. The molecule has 0 rings (SSSR count). The van der Waals surface area contributed by atoms with Gasteiger partial charge in [-0.1, -0.05) is 13.3 Å². The molecule has 0 heterocycles. The molecule has 0 aromatic heterocycles. The summed E-state index contributed by atoms with van der Waals surface area (Å²) in [5.41, 5.74) is -0.350. The van der Waals surface area contributed by atoms with Gasteiger partial charge < -0.3 is 9.47 Å². The second-order valence-corrected chi connectivity index (χ2v) is 2.19. The monoisotopic (exact) mass is 150 g/mol. The molecule has 0 bridgehead atoms. The maximum atomic E-state index is 5.07. The number of hydrogen-bond acceptors (Lipinski definition) is 3. The van der Waals surface area contributed by atoms with Crippen molar-refractivity contribution < 1.29 is 9.47 Å². The van der Waals surface area contributed by atoms with Crippen LogP contribution < -0.4 is 0 Å². The number of ether oxygens (including phenoxy) is 2. The van der Waals surface area contributed by atoms with Crippen LogP contribution in [0.4, 0.5) is 0 Å². The molecule has 1 unspecified atom stereocenters. The molecule has 0 aliphatic rings. The molecule has 0 aliphatic heterocycles. The zero-order valence-electron chi connectivity index (χ0n) is 5.96. The lowest BCUT2D eigenvalue weighted by Crippen LogP contribution is -2.07. The quantitative estimate of drug-likeness (QED) is 0.365. The highest BCUT2D eigenvalue weighted by molar-refractivity contribution is 7.80. The van der Waals surface area contributed by atoms with Crippen LogP contribution in [0.5, 0.6) is 0 Å². The molecule has 3 heteroatoms. The van der Waals surface area contributed by atoms with E-state index in [1.54, 1.807) is 7.11 Å². The lowest BCUT2D eigenvalue weighted by Gasteiger charge is -2.08. The number of unbranched alkanes of at least 4 members (excludes halogenated alkanes) is 1. The third-order valence-corrected chi connectivity index (χ3v) is 1.32. The molecule has 0 amide bonds. The van der Waals surface area contributed by atoms with Crippen molar-refractivity contribution in [2.24, 2.45) is 0 Å². The summed E-state index contributed by atoms with van der Waals surface area (Å²) < 4.78 is 9.81. The van der Waals surface area contributed by atoms with Gasteiger partial charge in [-0.3, -0.25) is 0 Å². The largest absolute Gasteiger partial charge is 0.347 e. The van der Waals surface area contributed by atoms with E-state index in [1.807, 2.05) is 0 Å². The molecule has 1 atom stereocenters. The Bertz CT molecular complexity index is 59.0. The van der Waals surface area contributed by atoms with Gasteiger partial charge in [-0.05, 0) is 6.42 Å². The predicted octanol–water partition coefficient (Wildman–Crippen LogP) is 1.66. The Morgan fingerprint density at radius 2 is 2.22 bits per heavy atom. The second-order valence-electron chi connectivity index (χ2n) is 1.77. The maximum Gasteiger partial charge on any atom is 0.203 e. The van der Waals surface area contributed by atoms with Crippen molar-refractivity contribution in [1.82, 2.24) is 0 Å². The Kier molecular flexibility index (Phi) is 6.58. The van der Waals surface area contributed by atoms with E-state index in [1.165, 1.54) is 0 Å². The molecule has 2 nitrogen and oxygen atoms in total. The van der Waals surface area contributed by atoms with E-state index in [0.717, 1.165) is 19.4 Å². The average Bonchev–Trinajstić information content (AvgIpc) is 1.89. The van der Waals surface area contributed by atoms with E-state index in [4.69, 9.17) is 9.47 Å². The molecule has 0 aliphatic carbocycles. The van der Waals surface area contributed by atoms with Crippen LogP contribution in [0.15, 0.2) is 0 Å². The molecular weight excluding hydrogens is 136 g/mol. The predicted molar refractivity (Wildman–Crippen MR) is 40.6 cm³/mol. The molecule has 0 saturated heterocycles. The van der Waals surface area contributed by atoms with E-state index >= 15 is 0 Å². The van der Waals surface area contributed by atoms with Crippen LogP contribution in [0.1, 0.15) is 19.8 Å². The molecular formula is C6H14O2S. The van der Waals surface area contributed by atoms with E-state index < -0.39 is 0 Å². The SMILES string of the molecule is CCCCOC(S)OC. The molecule has 0 saturated carbocycles. The van der Waals surface area contributed by atoms with Crippen molar-refractivity contribution in [1.29, 1.82) is 0 Å². The normalized spacial score (nSPS) is 13.7. The Morgan fingerprint density at radius 1 is 1.56 bits per heavy atom. The lowest BCUT2D eigenvalue weighted by atomic mass is 10.4. The van der Waals surface area contributed by atoms with Gasteiger partial charge >= 0.3 is 0 Å². The smallest absolute Gasteiger partial charge is 0.203 e. The highest BCUT2D eigenvalue weighted by Crippen LogP contribution is 1.98. The van der Waals surface area contributed by atoms with Gasteiger partial charge in [0.1, 0.15) is 0 Å². The van der Waals surface area contributed by atoms with Crippen LogP contribution in [0.2, 0.25) is 0 Å². The van der Waals surface area contributed by atoms with E-state index in [9.17, 15) is 0 Å². The van der Waals surface area contributed by atoms with Crippen molar-refractivity contribution >= 4 is 12.6 Å². The van der Waals surface area contributed by atoms with Crippen molar-refractivity contribution in [3.05, 3.63) is 0 Å². The first-order chi connectivity index (χ1) is 4.31. The summed E-state index contributed by atoms with van der Waals surface area (Å²) in [7, 11) is 1.57. The summed E-state index contributed by atoms with van der Waals surface area (Å²) in [4.78, 5) is 0. The number of methoxy groups -OCH3 is 1. The standard InChI is InChI=1S/C6H14O2S/c1-3-4-5-8-6(9)7-2/h6,9H,3-5H2,1-2H3. The Balaban J connectivity index is 2.88. The summed E-state index contributed by atoms with van der Waals surface area (Å²) in [5, 5.41) is 0. The lowest BCUT2D eigenvalue weighted by molar-refractivity contribution is -0.0593. The summed E-state index contributed by atoms with van der Waals surface area (Å²) in [6.07, 6.45) is 2.21. The Labute approximate surface area is 61.9 Å².